The fraction of sp³-hybridized carbons (Fsp3) is 0.438. The van der Waals surface area contributed by atoms with Crippen LogP contribution in [-0.2, 0) is 13.0 Å². The Labute approximate surface area is 124 Å². The topological polar surface area (TPSA) is 77.9 Å². The van der Waals surface area contributed by atoms with Crippen molar-refractivity contribution < 1.29 is 0 Å². The molecule has 2 aromatic rings. The molecule has 112 valence electrons. The highest BCUT2D eigenvalue weighted by molar-refractivity contribution is 5.15. The van der Waals surface area contributed by atoms with Crippen LogP contribution in [0.4, 0.5) is 0 Å². The summed E-state index contributed by atoms with van der Waals surface area (Å²) in [5.74, 6) is 0.493. The van der Waals surface area contributed by atoms with Crippen molar-refractivity contribution in [2.45, 2.75) is 25.4 Å². The molecule has 1 aliphatic heterocycles. The first kappa shape index (κ1) is 14.1. The van der Waals surface area contributed by atoms with Crippen molar-refractivity contribution in [3.8, 4) is 0 Å². The molecular weight excluding hydrogens is 264 g/mol. The number of hydrogen-bond donors (Lipinski definition) is 3. The highest BCUT2D eigenvalue weighted by atomic mass is 16.1. The number of rotatable bonds is 5. The Hall–Kier alpha value is -1.85. The van der Waals surface area contributed by atoms with E-state index in [1.807, 2.05) is 6.07 Å². The molecule has 0 unspecified atom stereocenters. The highest BCUT2D eigenvalue weighted by Crippen LogP contribution is 2.22. The van der Waals surface area contributed by atoms with Crippen molar-refractivity contribution in [2.24, 2.45) is 11.7 Å². The molecule has 1 aromatic carbocycles. The second kappa shape index (κ2) is 6.28. The molecular formula is C16H22N4O. The van der Waals surface area contributed by atoms with E-state index in [1.54, 1.807) is 6.07 Å². The number of hydrogen-bond acceptors (Lipinski definition) is 3. The molecule has 21 heavy (non-hydrogen) atoms. The van der Waals surface area contributed by atoms with E-state index < -0.39 is 0 Å². The predicted octanol–water partition coefficient (Wildman–Crippen LogP) is 1.09. The van der Waals surface area contributed by atoms with Gasteiger partial charge in [-0.2, -0.15) is 0 Å². The minimum atomic E-state index is -0.0635. The van der Waals surface area contributed by atoms with Crippen molar-refractivity contribution in [2.75, 3.05) is 13.1 Å². The SMILES string of the molecule is N[C@H]1CN(Cc2ccccc2)C[C@H]1CCc1cc(=O)[nH][nH]1. The molecule has 1 saturated heterocycles. The zero-order valence-corrected chi connectivity index (χ0v) is 12.1. The minimum Gasteiger partial charge on any atom is -0.326 e. The average Bonchev–Trinajstić information content (AvgIpc) is 3.04. The molecule has 1 fully saturated rings. The van der Waals surface area contributed by atoms with Crippen LogP contribution in [0.25, 0.3) is 0 Å². The lowest BCUT2D eigenvalue weighted by atomic mass is 9.98. The first-order valence-electron chi connectivity index (χ1n) is 7.49. The van der Waals surface area contributed by atoms with E-state index in [4.69, 9.17) is 5.73 Å². The monoisotopic (exact) mass is 286 g/mol. The smallest absolute Gasteiger partial charge is 0.264 e. The summed E-state index contributed by atoms with van der Waals surface area (Å²) in [5.41, 5.74) is 8.51. The van der Waals surface area contributed by atoms with Crippen molar-refractivity contribution >= 4 is 0 Å². The van der Waals surface area contributed by atoms with Crippen LogP contribution in [0.5, 0.6) is 0 Å². The molecule has 0 bridgehead atoms. The summed E-state index contributed by atoms with van der Waals surface area (Å²) in [7, 11) is 0. The van der Waals surface area contributed by atoms with Gasteiger partial charge in [-0.1, -0.05) is 30.3 Å². The van der Waals surface area contributed by atoms with Gasteiger partial charge < -0.3 is 10.8 Å². The minimum absolute atomic E-state index is 0.0635. The number of nitrogens with one attached hydrogen (secondary N) is 2. The van der Waals surface area contributed by atoms with Gasteiger partial charge in [0.15, 0.2) is 0 Å². The Kier molecular flexibility index (Phi) is 4.22. The van der Waals surface area contributed by atoms with Gasteiger partial charge >= 0.3 is 0 Å². The fourth-order valence-corrected chi connectivity index (χ4v) is 3.11. The molecule has 1 aromatic heterocycles. The van der Waals surface area contributed by atoms with Crippen LogP contribution in [0, 0.1) is 5.92 Å². The number of nitrogens with two attached hydrogens (primary N) is 1. The standard InChI is InChI=1S/C16H22N4O/c17-15-11-20(9-12-4-2-1-3-5-12)10-13(15)6-7-14-8-16(21)19-18-14/h1-5,8,13,15H,6-7,9-11,17H2,(H2,18,19,21)/t13-,15+/m1/s1. The van der Waals surface area contributed by atoms with Crippen LogP contribution < -0.4 is 11.3 Å². The van der Waals surface area contributed by atoms with Crippen LogP contribution >= 0.6 is 0 Å². The maximum Gasteiger partial charge on any atom is 0.264 e. The van der Waals surface area contributed by atoms with Crippen molar-refractivity contribution in [3.05, 3.63) is 58.0 Å². The summed E-state index contributed by atoms with van der Waals surface area (Å²) in [6.07, 6.45) is 1.89. The lowest BCUT2D eigenvalue weighted by molar-refractivity contribution is 0.313. The van der Waals surface area contributed by atoms with Gasteiger partial charge in [0.2, 0.25) is 0 Å². The molecule has 5 heteroatoms. The van der Waals surface area contributed by atoms with Gasteiger partial charge in [0.1, 0.15) is 0 Å². The number of aromatic amines is 2. The van der Waals surface area contributed by atoms with E-state index in [0.29, 0.717) is 5.92 Å². The van der Waals surface area contributed by atoms with E-state index in [0.717, 1.165) is 38.2 Å². The van der Waals surface area contributed by atoms with Crippen molar-refractivity contribution in [1.29, 1.82) is 0 Å². The second-order valence-electron chi connectivity index (χ2n) is 5.93. The summed E-state index contributed by atoms with van der Waals surface area (Å²) in [6, 6.07) is 12.4. The maximum absolute atomic E-state index is 11.1. The summed E-state index contributed by atoms with van der Waals surface area (Å²) >= 11 is 0. The lowest BCUT2D eigenvalue weighted by Gasteiger charge is -2.15. The zero-order chi connectivity index (χ0) is 14.7. The van der Waals surface area contributed by atoms with E-state index >= 15 is 0 Å². The van der Waals surface area contributed by atoms with Gasteiger partial charge in [0.25, 0.3) is 5.56 Å². The Morgan fingerprint density at radius 2 is 2.00 bits per heavy atom. The van der Waals surface area contributed by atoms with E-state index in [2.05, 4.69) is 39.4 Å². The van der Waals surface area contributed by atoms with Crippen molar-refractivity contribution in [1.82, 2.24) is 15.1 Å². The van der Waals surface area contributed by atoms with Crippen LogP contribution in [-0.4, -0.2) is 34.2 Å². The van der Waals surface area contributed by atoms with E-state index in [1.165, 1.54) is 5.56 Å². The second-order valence-corrected chi connectivity index (χ2v) is 5.93. The van der Waals surface area contributed by atoms with Gasteiger partial charge in [0, 0.05) is 37.4 Å². The Morgan fingerprint density at radius 3 is 2.71 bits per heavy atom. The third kappa shape index (κ3) is 3.62. The highest BCUT2D eigenvalue weighted by Gasteiger charge is 2.29. The predicted molar refractivity (Wildman–Crippen MR) is 82.9 cm³/mol. The van der Waals surface area contributed by atoms with E-state index in [-0.39, 0.29) is 11.6 Å². The largest absolute Gasteiger partial charge is 0.326 e. The lowest BCUT2D eigenvalue weighted by Crippen LogP contribution is -2.29. The zero-order valence-electron chi connectivity index (χ0n) is 12.1. The number of aryl methyl sites for hydroxylation is 1. The Bertz CT molecular complexity index is 618. The maximum atomic E-state index is 11.1. The molecule has 3 rings (SSSR count). The quantitative estimate of drug-likeness (QED) is 0.770. The molecule has 5 nitrogen and oxygen atoms in total. The number of aromatic nitrogens is 2. The van der Waals surface area contributed by atoms with Crippen LogP contribution in [0.1, 0.15) is 17.7 Å². The summed E-state index contributed by atoms with van der Waals surface area (Å²) in [6.45, 7) is 2.94. The summed E-state index contributed by atoms with van der Waals surface area (Å²) in [5, 5.41) is 5.48. The summed E-state index contributed by atoms with van der Waals surface area (Å²) < 4.78 is 0. The number of nitrogens with zero attached hydrogens (tertiary/aromatic N) is 1. The average molecular weight is 286 g/mol. The van der Waals surface area contributed by atoms with Crippen LogP contribution in [0.2, 0.25) is 0 Å². The molecule has 0 spiro atoms. The van der Waals surface area contributed by atoms with Gasteiger partial charge in [-0.25, -0.2) is 0 Å². The Morgan fingerprint density at radius 1 is 1.19 bits per heavy atom. The van der Waals surface area contributed by atoms with Crippen LogP contribution in [0.15, 0.2) is 41.2 Å². The van der Waals surface area contributed by atoms with Gasteiger partial charge in [-0.3, -0.25) is 14.8 Å². The van der Waals surface area contributed by atoms with Crippen molar-refractivity contribution in [3.63, 3.8) is 0 Å². The molecule has 0 amide bonds. The van der Waals surface area contributed by atoms with Gasteiger partial charge in [-0.15, -0.1) is 0 Å². The van der Waals surface area contributed by atoms with E-state index in [9.17, 15) is 4.79 Å². The summed E-state index contributed by atoms with van der Waals surface area (Å²) in [4.78, 5) is 13.5. The molecule has 0 aliphatic carbocycles. The molecule has 0 radical (unpaired) electrons. The molecule has 0 saturated carbocycles. The number of H-pyrrole nitrogens is 2. The first-order valence-corrected chi connectivity index (χ1v) is 7.49. The fourth-order valence-electron chi connectivity index (χ4n) is 3.11. The molecule has 4 N–H and O–H groups in total. The van der Waals surface area contributed by atoms with Gasteiger partial charge in [-0.05, 0) is 24.3 Å². The molecule has 1 aliphatic rings. The molecule has 2 heterocycles. The molecule has 2 atom stereocenters. The first-order chi connectivity index (χ1) is 10.2. The normalized spacial score (nSPS) is 22.7. The number of benzene rings is 1. The number of likely N-dealkylation sites (tertiary alicyclic amines) is 1. The third-order valence-electron chi connectivity index (χ3n) is 4.25. The van der Waals surface area contributed by atoms with Crippen LogP contribution in [0.3, 0.4) is 0 Å². The Balaban J connectivity index is 1.52. The third-order valence-corrected chi connectivity index (χ3v) is 4.25. The van der Waals surface area contributed by atoms with Gasteiger partial charge in [0.05, 0.1) is 0 Å².